The van der Waals surface area contributed by atoms with Crippen molar-refractivity contribution < 1.29 is 13.2 Å². The summed E-state index contributed by atoms with van der Waals surface area (Å²) in [6, 6.07) is 7.71. The van der Waals surface area contributed by atoms with Crippen molar-refractivity contribution in [1.29, 1.82) is 0 Å². The Morgan fingerprint density at radius 1 is 1.15 bits per heavy atom. The molecule has 2 aromatic rings. The van der Waals surface area contributed by atoms with Crippen LogP contribution < -0.4 is 5.73 Å². The van der Waals surface area contributed by atoms with Gasteiger partial charge in [-0.3, -0.25) is 0 Å². The van der Waals surface area contributed by atoms with E-state index in [9.17, 15) is 13.2 Å². The van der Waals surface area contributed by atoms with E-state index in [2.05, 4.69) is 4.98 Å². The van der Waals surface area contributed by atoms with E-state index in [4.69, 9.17) is 5.73 Å². The fraction of sp³-hybridized carbons (Fsp3) is 0.357. The van der Waals surface area contributed by atoms with E-state index < -0.39 is 12.6 Å². The number of hydrogen-bond acceptors (Lipinski definition) is 3. The molecule has 6 heteroatoms. The number of thiazole rings is 1. The largest absolute Gasteiger partial charge is 0.389 e. The summed E-state index contributed by atoms with van der Waals surface area (Å²) in [6.45, 7) is 0.486. The van der Waals surface area contributed by atoms with Crippen molar-refractivity contribution >= 4 is 11.3 Å². The first-order valence-corrected chi connectivity index (χ1v) is 7.16. The Morgan fingerprint density at radius 2 is 1.85 bits per heavy atom. The molecule has 0 aliphatic carbocycles. The van der Waals surface area contributed by atoms with E-state index in [1.54, 1.807) is 0 Å². The van der Waals surface area contributed by atoms with E-state index in [0.29, 0.717) is 13.0 Å². The summed E-state index contributed by atoms with van der Waals surface area (Å²) in [7, 11) is 0. The first-order chi connectivity index (χ1) is 9.48. The van der Waals surface area contributed by atoms with Crippen molar-refractivity contribution in [2.75, 3.05) is 0 Å². The highest BCUT2D eigenvalue weighted by Gasteiger charge is 2.26. The molecule has 1 heterocycles. The number of hydrogen-bond donors (Lipinski definition) is 1. The zero-order valence-corrected chi connectivity index (χ0v) is 11.6. The van der Waals surface area contributed by atoms with Gasteiger partial charge < -0.3 is 5.73 Å². The van der Waals surface area contributed by atoms with E-state index in [-0.39, 0.29) is 6.42 Å². The molecule has 1 aromatic carbocycles. The summed E-state index contributed by atoms with van der Waals surface area (Å²) < 4.78 is 36.2. The summed E-state index contributed by atoms with van der Waals surface area (Å²) in [5, 5.41) is 2.62. The molecule has 108 valence electrons. The van der Waals surface area contributed by atoms with Crippen molar-refractivity contribution in [2.45, 2.75) is 32.0 Å². The van der Waals surface area contributed by atoms with Gasteiger partial charge in [-0.1, -0.05) is 24.3 Å². The Labute approximate surface area is 119 Å². The Morgan fingerprint density at radius 3 is 2.45 bits per heavy atom. The second kappa shape index (κ2) is 6.37. The van der Waals surface area contributed by atoms with Gasteiger partial charge in [-0.25, -0.2) is 4.98 Å². The molecule has 0 saturated heterocycles. The maximum atomic E-state index is 12.1. The van der Waals surface area contributed by atoms with Crippen LogP contribution in [0, 0.1) is 0 Å². The molecule has 0 radical (unpaired) electrons. The van der Waals surface area contributed by atoms with Crippen molar-refractivity contribution in [1.82, 2.24) is 4.98 Å². The quantitative estimate of drug-likeness (QED) is 0.900. The highest BCUT2D eigenvalue weighted by molar-refractivity contribution is 7.09. The average Bonchev–Trinajstić information content (AvgIpc) is 2.86. The SMILES string of the molecule is NCc1ccc(-c2csc(CCCC(F)(F)F)n2)cc1. The lowest BCUT2D eigenvalue weighted by Gasteiger charge is -2.03. The zero-order valence-electron chi connectivity index (χ0n) is 10.8. The number of halogens is 3. The van der Waals surface area contributed by atoms with E-state index >= 15 is 0 Å². The predicted molar refractivity (Wildman–Crippen MR) is 74.4 cm³/mol. The smallest absolute Gasteiger partial charge is 0.326 e. The van der Waals surface area contributed by atoms with Gasteiger partial charge in [0, 0.05) is 23.9 Å². The van der Waals surface area contributed by atoms with Crippen LogP contribution in [0.2, 0.25) is 0 Å². The highest BCUT2D eigenvalue weighted by atomic mass is 32.1. The molecule has 0 fully saturated rings. The van der Waals surface area contributed by atoms with Gasteiger partial charge in [-0.15, -0.1) is 11.3 Å². The normalized spacial score (nSPS) is 11.8. The molecule has 1 aromatic heterocycles. The zero-order chi connectivity index (χ0) is 14.6. The Kier molecular flexibility index (Phi) is 4.77. The second-order valence-corrected chi connectivity index (χ2v) is 5.44. The summed E-state index contributed by atoms with van der Waals surface area (Å²) in [5.41, 5.74) is 8.33. The van der Waals surface area contributed by atoms with Gasteiger partial charge in [-0.05, 0) is 18.4 Å². The molecule has 2 rings (SSSR count). The van der Waals surface area contributed by atoms with Crippen molar-refractivity contribution in [3.05, 3.63) is 40.2 Å². The van der Waals surface area contributed by atoms with Crippen LogP contribution >= 0.6 is 11.3 Å². The fourth-order valence-corrected chi connectivity index (χ4v) is 2.66. The molecular weight excluding hydrogens is 285 g/mol. The van der Waals surface area contributed by atoms with Crippen LogP contribution in [-0.4, -0.2) is 11.2 Å². The third-order valence-corrected chi connectivity index (χ3v) is 3.80. The Hall–Kier alpha value is -1.40. The van der Waals surface area contributed by atoms with E-state index in [1.807, 2.05) is 29.6 Å². The van der Waals surface area contributed by atoms with Gasteiger partial charge in [0.2, 0.25) is 0 Å². The predicted octanol–water partition coefficient (Wildman–Crippen LogP) is 4.15. The number of aromatic nitrogens is 1. The molecule has 20 heavy (non-hydrogen) atoms. The maximum Gasteiger partial charge on any atom is 0.389 e. The van der Waals surface area contributed by atoms with Crippen molar-refractivity contribution in [3.8, 4) is 11.3 Å². The fourth-order valence-electron chi connectivity index (χ4n) is 1.81. The summed E-state index contributed by atoms with van der Waals surface area (Å²) in [5.74, 6) is 0. The molecule has 0 aliphatic heterocycles. The number of benzene rings is 1. The third kappa shape index (κ3) is 4.31. The Balaban J connectivity index is 1.97. The van der Waals surface area contributed by atoms with Gasteiger partial charge in [0.25, 0.3) is 0 Å². The monoisotopic (exact) mass is 300 g/mol. The molecule has 0 aliphatic rings. The summed E-state index contributed by atoms with van der Waals surface area (Å²) in [4.78, 5) is 4.38. The van der Waals surface area contributed by atoms with Gasteiger partial charge in [0.15, 0.2) is 0 Å². The lowest BCUT2D eigenvalue weighted by atomic mass is 10.1. The van der Waals surface area contributed by atoms with Gasteiger partial charge in [0.1, 0.15) is 0 Å². The van der Waals surface area contributed by atoms with Crippen LogP contribution in [0.25, 0.3) is 11.3 Å². The van der Waals surface area contributed by atoms with Crippen LogP contribution in [-0.2, 0) is 13.0 Å². The molecular formula is C14H15F3N2S. The molecule has 0 unspecified atom stereocenters. The summed E-state index contributed by atoms with van der Waals surface area (Å²) >= 11 is 1.40. The van der Waals surface area contributed by atoms with Gasteiger partial charge >= 0.3 is 6.18 Å². The van der Waals surface area contributed by atoms with Crippen molar-refractivity contribution in [3.63, 3.8) is 0 Å². The van der Waals surface area contributed by atoms with E-state index in [1.165, 1.54) is 11.3 Å². The molecule has 2 nitrogen and oxygen atoms in total. The lowest BCUT2D eigenvalue weighted by Crippen LogP contribution is -2.07. The molecule has 0 atom stereocenters. The maximum absolute atomic E-state index is 12.1. The van der Waals surface area contributed by atoms with Crippen LogP contribution in [0.4, 0.5) is 13.2 Å². The number of alkyl halides is 3. The van der Waals surface area contributed by atoms with Gasteiger partial charge in [0.05, 0.1) is 10.7 Å². The van der Waals surface area contributed by atoms with Crippen molar-refractivity contribution in [2.24, 2.45) is 5.73 Å². The Bertz CT molecular complexity index is 546. The minimum absolute atomic E-state index is 0.0859. The average molecular weight is 300 g/mol. The van der Waals surface area contributed by atoms with Crippen LogP contribution in [0.15, 0.2) is 29.6 Å². The van der Waals surface area contributed by atoms with Crippen LogP contribution in [0.3, 0.4) is 0 Å². The minimum Gasteiger partial charge on any atom is -0.326 e. The molecule has 2 N–H and O–H groups in total. The number of aryl methyl sites for hydroxylation is 1. The first-order valence-electron chi connectivity index (χ1n) is 6.28. The number of nitrogens with zero attached hydrogens (tertiary/aromatic N) is 1. The minimum atomic E-state index is -4.09. The summed E-state index contributed by atoms with van der Waals surface area (Å²) in [6.07, 6.45) is -4.39. The topological polar surface area (TPSA) is 38.9 Å². The lowest BCUT2D eigenvalue weighted by molar-refractivity contribution is -0.135. The second-order valence-electron chi connectivity index (χ2n) is 4.50. The number of rotatable bonds is 5. The molecule has 0 bridgehead atoms. The van der Waals surface area contributed by atoms with Crippen LogP contribution in [0.5, 0.6) is 0 Å². The van der Waals surface area contributed by atoms with Crippen LogP contribution in [0.1, 0.15) is 23.4 Å². The molecule has 0 amide bonds. The number of nitrogens with two attached hydrogens (primary N) is 1. The third-order valence-electron chi connectivity index (χ3n) is 2.89. The standard InChI is InChI=1S/C14H15F3N2S/c15-14(16,17)7-1-2-13-19-12(9-20-13)11-5-3-10(8-18)4-6-11/h3-6,9H,1-2,7-8,18H2. The molecule has 0 saturated carbocycles. The molecule has 0 spiro atoms. The van der Waals surface area contributed by atoms with Gasteiger partial charge in [-0.2, -0.15) is 13.2 Å². The highest BCUT2D eigenvalue weighted by Crippen LogP contribution is 2.26. The first kappa shape index (κ1) is 15.0. The van der Waals surface area contributed by atoms with E-state index in [0.717, 1.165) is 21.8 Å².